The van der Waals surface area contributed by atoms with Gasteiger partial charge in [-0.05, 0) is 30.3 Å². The highest BCUT2D eigenvalue weighted by Crippen LogP contribution is 2.30. The van der Waals surface area contributed by atoms with E-state index in [-0.39, 0.29) is 35.6 Å². The van der Waals surface area contributed by atoms with Crippen LogP contribution in [0.2, 0.25) is 25.1 Å². The Kier molecular flexibility index (Phi) is 6.05. The third kappa shape index (κ3) is 4.44. The Morgan fingerprint density at radius 1 is 0.870 bits per heavy atom. The summed E-state index contributed by atoms with van der Waals surface area (Å²) in [4.78, 5) is 1.93. The van der Waals surface area contributed by atoms with Gasteiger partial charge in [-0.15, -0.1) is 0 Å². The standard InChI is InChI=1S/C13H7Cl5N2O2S/c14-9-3-4-11(16)13(18)8(9)6-19-20-23(21,22)7-1-2-10(15)12(17)5-7/h1-6,20H/b19-6+. The van der Waals surface area contributed by atoms with Crippen LogP contribution >= 0.6 is 58.0 Å². The van der Waals surface area contributed by atoms with Crippen molar-refractivity contribution in [2.24, 2.45) is 5.10 Å². The average molecular weight is 433 g/mol. The molecule has 0 radical (unpaired) electrons. The van der Waals surface area contributed by atoms with Crippen molar-refractivity contribution in [1.29, 1.82) is 0 Å². The first kappa shape index (κ1) is 18.6. The zero-order valence-electron chi connectivity index (χ0n) is 11.0. The summed E-state index contributed by atoms with van der Waals surface area (Å²) in [6.45, 7) is 0. The van der Waals surface area contributed by atoms with E-state index in [0.29, 0.717) is 0 Å². The van der Waals surface area contributed by atoms with E-state index in [0.717, 1.165) is 6.21 Å². The SMILES string of the molecule is O=S(=O)(N/N=C/c1c(Cl)ccc(Cl)c1Cl)c1ccc(Cl)c(Cl)c1. The summed E-state index contributed by atoms with van der Waals surface area (Å²) < 4.78 is 24.2. The Balaban J connectivity index is 2.26. The van der Waals surface area contributed by atoms with E-state index < -0.39 is 10.0 Å². The molecule has 0 fully saturated rings. The van der Waals surface area contributed by atoms with Crippen LogP contribution in [-0.2, 0) is 10.0 Å². The Morgan fingerprint density at radius 3 is 2.13 bits per heavy atom. The van der Waals surface area contributed by atoms with Crippen molar-refractivity contribution in [3.8, 4) is 0 Å². The first-order valence-electron chi connectivity index (χ1n) is 5.86. The molecule has 0 unspecified atom stereocenters. The molecule has 23 heavy (non-hydrogen) atoms. The maximum absolute atomic E-state index is 12.1. The van der Waals surface area contributed by atoms with Crippen molar-refractivity contribution >= 4 is 74.2 Å². The van der Waals surface area contributed by atoms with Gasteiger partial charge in [-0.1, -0.05) is 58.0 Å². The van der Waals surface area contributed by atoms with Gasteiger partial charge < -0.3 is 0 Å². The molecule has 0 spiro atoms. The van der Waals surface area contributed by atoms with Crippen LogP contribution in [0.4, 0.5) is 0 Å². The second-order valence-electron chi connectivity index (χ2n) is 4.19. The van der Waals surface area contributed by atoms with Gasteiger partial charge in [0.1, 0.15) is 0 Å². The number of hydrogen-bond acceptors (Lipinski definition) is 3. The minimum atomic E-state index is -3.92. The zero-order chi connectivity index (χ0) is 17.2. The third-order valence-electron chi connectivity index (χ3n) is 2.65. The monoisotopic (exact) mass is 430 g/mol. The maximum atomic E-state index is 12.1. The fraction of sp³-hybridized carbons (Fsp3) is 0. The van der Waals surface area contributed by atoms with Crippen LogP contribution in [-0.4, -0.2) is 14.6 Å². The van der Waals surface area contributed by atoms with E-state index in [1.807, 2.05) is 4.83 Å². The highest BCUT2D eigenvalue weighted by molar-refractivity contribution is 7.89. The van der Waals surface area contributed by atoms with E-state index in [2.05, 4.69) is 5.10 Å². The molecule has 1 N–H and O–H groups in total. The molecule has 0 aliphatic rings. The molecular weight excluding hydrogens is 425 g/mol. The van der Waals surface area contributed by atoms with Crippen LogP contribution < -0.4 is 4.83 Å². The molecule has 0 aliphatic heterocycles. The molecule has 10 heteroatoms. The summed E-state index contributed by atoms with van der Waals surface area (Å²) in [5.74, 6) is 0. The quantitative estimate of drug-likeness (QED) is 0.407. The molecular formula is C13H7Cl5N2O2S. The number of hydrogen-bond donors (Lipinski definition) is 1. The number of nitrogens with zero attached hydrogens (tertiary/aromatic N) is 1. The highest BCUT2D eigenvalue weighted by Gasteiger charge is 2.15. The van der Waals surface area contributed by atoms with Gasteiger partial charge in [0.25, 0.3) is 10.0 Å². The van der Waals surface area contributed by atoms with Crippen molar-refractivity contribution in [2.75, 3.05) is 0 Å². The van der Waals surface area contributed by atoms with Gasteiger partial charge in [0, 0.05) is 5.56 Å². The summed E-state index contributed by atoms with van der Waals surface area (Å²) in [5, 5.41) is 4.70. The normalized spacial score (nSPS) is 11.9. The molecule has 0 saturated heterocycles. The molecule has 0 amide bonds. The van der Waals surface area contributed by atoms with Crippen molar-refractivity contribution < 1.29 is 8.42 Å². The van der Waals surface area contributed by atoms with Crippen LogP contribution in [0, 0.1) is 0 Å². The summed E-state index contributed by atoms with van der Waals surface area (Å²) in [6.07, 6.45) is 1.16. The summed E-state index contributed by atoms with van der Waals surface area (Å²) >= 11 is 29.4. The first-order chi connectivity index (χ1) is 10.7. The van der Waals surface area contributed by atoms with Gasteiger partial charge in [-0.3, -0.25) is 0 Å². The van der Waals surface area contributed by atoms with Crippen molar-refractivity contribution in [2.45, 2.75) is 4.90 Å². The van der Waals surface area contributed by atoms with Crippen LogP contribution in [0.25, 0.3) is 0 Å². The number of benzene rings is 2. The number of halogens is 5. The molecule has 2 aromatic carbocycles. The van der Waals surface area contributed by atoms with Gasteiger partial charge in [-0.2, -0.15) is 13.5 Å². The Hall–Kier alpha value is -0.690. The molecule has 4 nitrogen and oxygen atoms in total. The molecule has 0 aliphatic carbocycles. The third-order valence-corrected chi connectivity index (χ3v) is 5.76. The average Bonchev–Trinajstić information content (AvgIpc) is 2.49. The fourth-order valence-corrected chi connectivity index (χ4v) is 3.33. The molecule has 0 saturated carbocycles. The van der Waals surface area contributed by atoms with Gasteiger partial charge in [0.15, 0.2) is 0 Å². The molecule has 0 aromatic heterocycles. The molecule has 2 rings (SSSR count). The van der Waals surface area contributed by atoms with E-state index in [9.17, 15) is 8.42 Å². The number of sulfonamides is 1. The predicted molar refractivity (Wildman–Crippen MR) is 95.8 cm³/mol. The van der Waals surface area contributed by atoms with Gasteiger partial charge >= 0.3 is 0 Å². The summed E-state index contributed by atoms with van der Waals surface area (Å²) in [7, 11) is -3.92. The molecule has 2 aromatic rings. The summed E-state index contributed by atoms with van der Waals surface area (Å²) in [5.41, 5.74) is 0.290. The van der Waals surface area contributed by atoms with E-state index in [1.54, 1.807) is 0 Å². The van der Waals surface area contributed by atoms with Gasteiger partial charge in [0.2, 0.25) is 0 Å². The molecule has 122 valence electrons. The Labute approximate surface area is 158 Å². The molecule has 0 heterocycles. The predicted octanol–water partition coefficient (Wildman–Crippen LogP) is 5.27. The van der Waals surface area contributed by atoms with Crippen molar-refractivity contribution in [3.05, 3.63) is 61.0 Å². The van der Waals surface area contributed by atoms with Crippen molar-refractivity contribution in [1.82, 2.24) is 4.83 Å². The van der Waals surface area contributed by atoms with Crippen LogP contribution in [0.3, 0.4) is 0 Å². The minimum Gasteiger partial charge on any atom is -0.200 e. The van der Waals surface area contributed by atoms with E-state index in [1.165, 1.54) is 30.3 Å². The van der Waals surface area contributed by atoms with E-state index in [4.69, 9.17) is 58.0 Å². The lowest BCUT2D eigenvalue weighted by Gasteiger charge is -2.06. The lowest BCUT2D eigenvalue weighted by molar-refractivity contribution is 0.584. The molecule has 0 atom stereocenters. The smallest absolute Gasteiger partial charge is 0.200 e. The lowest BCUT2D eigenvalue weighted by atomic mass is 10.2. The summed E-state index contributed by atoms with van der Waals surface area (Å²) in [6, 6.07) is 6.91. The Morgan fingerprint density at radius 2 is 1.48 bits per heavy atom. The number of rotatable bonds is 4. The Bertz CT molecular complexity index is 884. The minimum absolute atomic E-state index is 0.0904. The van der Waals surface area contributed by atoms with Crippen LogP contribution in [0.1, 0.15) is 5.56 Å². The maximum Gasteiger partial charge on any atom is 0.276 e. The van der Waals surface area contributed by atoms with Gasteiger partial charge in [-0.25, -0.2) is 4.83 Å². The molecule has 0 bridgehead atoms. The first-order valence-corrected chi connectivity index (χ1v) is 9.23. The number of nitrogens with one attached hydrogen (secondary N) is 1. The largest absolute Gasteiger partial charge is 0.276 e. The topological polar surface area (TPSA) is 58.5 Å². The van der Waals surface area contributed by atoms with Crippen LogP contribution in [0.15, 0.2) is 40.3 Å². The zero-order valence-corrected chi connectivity index (χ0v) is 15.6. The second kappa shape index (κ2) is 7.47. The van der Waals surface area contributed by atoms with E-state index >= 15 is 0 Å². The lowest BCUT2D eigenvalue weighted by Crippen LogP contribution is -2.18. The fourth-order valence-electron chi connectivity index (χ4n) is 1.52. The number of hydrazone groups is 1. The van der Waals surface area contributed by atoms with Crippen LogP contribution in [0.5, 0.6) is 0 Å². The van der Waals surface area contributed by atoms with Gasteiger partial charge in [0.05, 0.1) is 36.2 Å². The second-order valence-corrected chi connectivity index (χ2v) is 7.85. The highest BCUT2D eigenvalue weighted by atomic mass is 35.5. The van der Waals surface area contributed by atoms with Crippen molar-refractivity contribution in [3.63, 3.8) is 0 Å².